The molecule has 1 aliphatic heterocycles. The molecule has 0 aliphatic carbocycles. The third kappa shape index (κ3) is 8.41. The Labute approximate surface area is 176 Å². The van der Waals surface area contributed by atoms with E-state index in [9.17, 15) is 4.79 Å². The molecule has 0 amide bonds. The van der Waals surface area contributed by atoms with Crippen LogP contribution in [0.1, 0.15) is 45.2 Å². The SMILES string of the molecule is C#C.C/C=C\C1=C(C)COc2ccc(CC(=O)O)cc2/C1=C\CCN(C)C.CC. The maximum atomic E-state index is 11.1. The highest BCUT2D eigenvalue weighted by Crippen LogP contribution is 2.37. The topological polar surface area (TPSA) is 49.8 Å². The van der Waals surface area contributed by atoms with Crippen molar-refractivity contribution >= 4 is 11.5 Å². The number of carboxylic acid groups (broad SMARTS) is 1. The molecule has 0 bridgehead atoms. The summed E-state index contributed by atoms with van der Waals surface area (Å²) in [6, 6.07) is 5.67. The molecular weight excluding hydrogens is 362 g/mol. The quantitative estimate of drug-likeness (QED) is 0.670. The van der Waals surface area contributed by atoms with Crippen LogP contribution in [0.4, 0.5) is 0 Å². The average molecular weight is 398 g/mol. The lowest BCUT2D eigenvalue weighted by Gasteiger charge is -2.14. The molecule has 29 heavy (non-hydrogen) atoms. The van der Waals surface area contributed by atoms with Gasteiger partial charge in [0, 0.05) is 12.1 Å². The second kappa shape index (κ2) is 14.3. The summed E-state index contributed by atoms with van der Waals surface area (Å²) in [5.41, 5.74) is 5.21. The van der Waals surface area contributed by atoms with Crippen molar-refractivity contribution < 1.29 is 14.6 Å². The van der Waals surface area contributed by atoms with Crippen LogP contribution in [0.5, 0.6) is 5.75 Å². The minimum atomic E-state index is -0.826. The number of benzene rings is 1. The number of carboxylic acids is 1. The monoisotopic (exact) mass is 397 g/mol. The fraction of sp³-hybridized carbons (Fsp3) is 0.400. The number of allylic oxidation sites excluding steroid dienone is 4. The minimum Gasteiger partial charge on any atom is -0.489 e. The van der Waals surface area contributed by atoms with Crippen LogP contribution in [-0.2, 0) is 11.2 Å². The van der Waals surface area contributed by atoms with Crippen LogP contribution in [0.15, 0.2) is 47.6 Å². The number of fused-ring (bicyclic) bond motifs is 1. The molecule has 0 aromatic heterocycles. The van der Waals surface area contributed by atoms with E-state index in [-0.39, 0.29) is 6.42 Å². The van der Waals surface area contributed by atoms with Crippen molar-refractivity contribution in [3.8, 4) is 18.6 Å². The van der Waals surface area contributed by atoms with Crippen molar-refractivity contribution in [1.29, 1.82) is 0 Å². The Bertz CT molecular complexity index is 768. The van der Waals surface area contributed by atoms with Crippen molar-refractivity contribution in [2.45, 2.75) is 40.5 Å². The molecule has 1 aliphatic rings. The molecule has 4 nitrogen and oxygen atoms in total. The molecule has 1 aromatic rings. The highest BCUT2D eigenvalue weighted by molar-refractivity contribution is 5.86. The maximum Gasteiger partial charge on any atom is 0.307 e. The van der Waals surface area contributed by atoms with E-state index in [1.165, 1.54) is 5.57 Å². The zero-order chi connectivity index (χ0) is 22.4. The summed E-state index contributed by atoms with van der Waals surface area (Å²) >= 11 is 0. The van der Waals surface area contributed by atoms with E-state index in [4.69, 9.17) is 9.84 Å². The van der Waals surface area contributed by atoms with Gasteiger partial charge in [-0.25, -0.2) is 0 Å². The van der Waals surface area contributed by atoms with E-state index in [0.717, 1.165) is 41.0 Å². The molecule has 0 atom stereocenters. The highest BCUT2D eigenvalue weighted by Gasteiger charge is 2.19. The van der Waals surface area contributed by atoms with Crippen molar-refractivity contribution in [3.63, 3.8) is 0 Å². The molecule has 1 aromatic carbocycles. The van der Waals surface area contributed by atoms with Gasteiger partial charge in [0.05, 0.1) is 6.42 Å². The molecular formula is C25H35NO3. The van der Waals surface area contributed by atoms with Crippen molar-refractivity contribution in [2.75, 3.05) is 27.2 Å². The van der Waals surface area contributed by atoms with Gasteiger partial charge >= 0.3 is 5.97 Å². The van der Waals surface area contributed by atoms with Gasteiger partial charge in [0.25, 0.3) is 0 Å². The second-order valence-electron chi connectivity index (χ2n) is 6.59. The molecule has 0 fully saturated rings. The molecule has 0 unspecified atom stereocenters. The smallest absolute Gasteiger partial charge is 0.307 e. The first-order chi connectivity index (χ1) is 13.9. The number of rotatable bonds is 6. The van der Waals surface area contributed by atoms with E-state index < -0.39 is 5.97 Å². The highest BCUT2D eigenvalue weighted by atomic mass is 16.5. The number of hydrogen-bond acceptors (Lipinski definition) is 3. The van der Waals surface area contributed by atoms with Gasteiger partial charge in [-0.1, -0.05) is 38.1 Å². The normalized spacial score (nSPS) is 14.3. The van der Waals surface area contributed by atoms with Gasteiger partial charge < -0.3 is 14.7 Å². The van der Waals surface area contributed by atoms with Crippen LogP contribution in [0.2, 0.25) is 0 Å². The molecule has 2 rings (SSSR count). The Hall–Kier alpha value is -2.77. The lowest BCUT2D eigenvalue weighted by Crippen LogP contribution is -2.12. The third-order valence-electron chi connectivity index (χ3n) is 4.14. The van der Waals surface area contributed by atoms with Crippen molar-refractivity contribution in [2.24, 2.45) is 0 Å². The molecule has 0 spiro atoms. The van der Waals surface area contributed by atoms with E-state index in [0.29, 0.717) is 6.61 Å². The largest absolute Gasteiger partial charge is 0.489 e. The zero-order valence-corrected chi connectivity index (χ0v) is 18.7. The molecule has 0 saturated carbocycles. The summed E-state index contributed by atoms with van der Waals surface area (Å²) in [5.74, 6) is -0.0166. The summed E-state index contributed by atoms with van der Waals surface area (Å²) < 4.78 is 5.96. The van der Waals surface area contributed by atoms with Gasteiger partial charge in [-0.05, 0) is 68.8 Å². The summed E-state index contributed by atoms with van der Waals surface area (Å²) in [7, 11) is 4.11. The second-order valence-corrected chi connectivity index (χ2v) is 6.59. The predicted octanol–water partition coefficient (Wildman–Crippen LogP) is 5.21. The predicted molar refractivity (Wildman–Crippen MR) is 123 cm³/mol. The average Bonchev–Trinajstić information content (AvgIpc) is 2.82. The molecule has 158 valence electrons. The summed E-state index contributed by atoms with van der Waals surface area (Å²) in [4.78, 5) is 13.2. The van der Waals surface area contributed by atoms with E-state index in [1.807, 2.05) is 45.0 Å². The van der Waals surface area contributed by atoms with Gasteiger partial charge in [-0.2, -0.15) is 0 Å². The van der Waals surface area contributed by atoms with E-state index in [1.54, 1.807) is 0 Å². The summed E-state index contributed by atoms with van der Waals surface area (Å²) in [5, 5.41) is 9.10. The van der Waals surface area contributed by atoms with Gasteiger partial charge in [-0.3, -0.25) is 4.79 Å². The fourth-order valence-electron chi connectivity index (χ4n) is 2.92. The Kier molecular flexibility index (Phi) is 12.9. The first kappa shape index (κ1) is 26.2. The number of nitrogens with zero attached hydrogens (tertiary/aromatic N) is 1. The van der Waals surface area contributed by atoms with Crippen LogP contribution < -0.4 is 4.74 Å². The van der Waals surface area contributed by atoms with E-state index in [2.05, 4.69) is 50.9 Å². The summed E-state index contributed by atoms with van der Waals surface area (Å²) in [6.45, 7) is 9.58. The Balaban J connectivity index is 0.00000184. The van der Waals surface area contributed by atoms with Gasteiger partial charge in [0.15, 0.2) is 0 Å². The molecule has 1 N–H and O–H groups in total. The Morgan fingerprint density at radius 1 is 1.28 bits per heavy atom. The molecule has 0 saturated heterocycles. The van der Waals surface area contributed by atoms with E-state index >= 15 is 0 Å². The summed E-state index contributed by atoms with van der Waals surface area (Å²) in [6.07, 6.45) is 15.3. The fourth-order valence-corrected chi connectivity index (χ4v) is 2.92. The molecule has 1 heterocycles. The van der Waals surface area contributed by atoms with Crippen molar-refractivity contribution in [3.05, 3.63) is 58.7 Å². The Morgan fingerprint density at radius 3 is 2.48 bits per heavy atom. The number of hydrogen-bond donors (Lipinski definition) is 1. The minimum absolute atomic E-state index is 0.0138. The zero-order valence-electron chi connectivity index (χ0n) is 18.7. The lowest BCUT2D eigenvalue weighted by atomic mass is 9.91. The maximum absolute atomic E-state index is 11.1. The van der Waals surface area contributed by atoms with Crippen LogP contribution in [0, 0.1) is 12.8 Å². The van der Waals surface area contributed by atoms with Gasteiger partial charge in [-0.15, -0.1) is 12.8 Å². The molecule has 0 radical (unpaired) electrons. The van der Waals surface area contributed by atoms with Crippen LogP contribution in [0.25, 0.3) is 5.57 Å². The first-order valence-corrected chi connectivity index (χ1v) is 9.91. The van der Waals surface area contributed by atoms with Crippen LogP contribution in [-0.4, -0.2) is 43.2 Å². The number of carbonyl (C=O) groups is 1. The molecule has 4 heteroatoms. The van der Waals surface area contributed by atoms with Gasteiger partial charge in [0.1, 0.15) is 12.4 Å². The number of aliphatic carboxylic acids is 1. The number of terminal acetylenes is 1. The van der Waals surface area contributed by atoms with Crippen LogP contribution >= 0.6 is 0 Å². The van der Waals surface area contributed by atoms with Gasteiger partial charge in [0.2, 0.25) is 0 Å². The van der Waals surface area contributed by atoms with Crippen molar-refractivity contribution in [1.82, 2.24) is 4.90 Å². The lowest BCUT2D eigenvalue weighted by molar-refractivity contribution is -0.136. The van der Waals surface area contributed by atoms with Crippen LogP contribution in [0.3, 0.4) is 0 Å². The number of ether oxygens (including phenoxy) is 1. The third-order valence-corrected chi connectivity index (χ3v) is 4.14. The Morgan fingerprint density at radius 2 is 1.93 bits per heavy atom. The standard InChI is InChI=1S/C21H27NO3.C2H6.C2H2/c1-5-7-17-15(2)14-25-20-10-9-16(13-21(23)24)12-19(20)18(17)8-6-11-22(3)4;2*1-2/h5,7-10,12H,6,11,13-14H2,1-4H3,(H,23,24);1-2H3;1-2H/b7-5-,18-8-;;. The first-order valence-electron chi connectivity index (χ1n) is 9.91.